The molecule has 4 rings (SSSR count). The molecule has 4 aromatic rings. The zero-order chi connectivity index (χ0) is 17.8. The fourth-order valence-electron chi connectivity index (χ4n) is 2.51. The first kappa shape index (κ1) is 17.3. The lowest BCUT2D eigenvalue weighted by Gasteiger charge is -2.09. The summed E-state index contributed by atoms with van der Waals surface area (Å²) in [5.41, 5.74) is 2.03. The molecule has 0 saturated heterocycles. The van der Waals surface area contributed by atoms with E-state index in [4.69, 9.17) is 11.6 Å². The van der Waals surface area contributed by atoms with Gasteiger partial charge in [0.25, 0.3) is 0 Å². The number of pyridine rings is 1. The second-order valence-corrected chi connectivity index (χ2v) is 8.01. The Morgan fingerprint density at radius 2 is 1.88 bits per heavy atom. The van der Waals surface area contributed by atoms with Gasteiger partial charge < -0.3 is 0 Å². The Hall–Kier alpha value is -2.15. The lowest BCUT2D eigenvalue weighted by Crippen LogP contribution is -2.03. The van der Waals surface area contributed by atoms with Gasteiger partial charge in [-0.05, 0) is 41.3 Å². The summed E-state index contributed by atoms with van der Waals surface area (Å²) < 4.78 is 2.13. The molecule has 3 heterocycles. The van der Waals surface area contributed by atoms with Crippen molar-refractivity contribution in [1.29, 1.82) is 0 Å². The Labute approximate surface area is 164 Å². The van der Waals surface area contributed by atoms with E-state index < -0.39 is 0 Å². The van der Waals surface area contributed by atoms with Crippen molar-refractivity contribution in [2.45, 2.75) is 17.5 Å². The van der Waals surface area contributed by atoms with E-state index in [0.29, 0.717) is 0 Å². The summed E-state index contributed by atoms with van der Waals surface area (Å²) in [7, 11) is 0. The van der Waals surface area contributed by atoms with Crippen molar-refractivity contribution in [3.63, 3.8) is 0 Å². The Bertz CT molecular complexity index is 967. The molecule has 0 saturated carbocycles. The van der Waals surface area contributed by atoms with Crippen LogP contribution >= 0.6 is 34.7 Å². The van der Waals surface area contributed by atoms with Crippen molar-refractivity contribution in [1.82, 2.24) is 19.7 Å². The third-order valence-corrected chi connectivity index (χ3v) is 5.94. The predicted molar refractivity (Wildman–Crippen MR) is 108 cm³/mol. The van der Waals surface area contributed by atoms with Crippen LogP contribution < -0.4 is 0 Å². The molecule has 0 aliphatic carbocycles. The summed E-state index contributed by atoms with van der Waals surface area (Å²) >= 11 is 9.36. The van der Waals surface area contributed by atoms with Crippen LogP contribution in [0.1, 0.15) is 10.4 Å². The van der Waals surface area contributed by atoms with Crippen LogP contribution in [0.25, 0.3) is 11.5 Å². The summed E-state index contributed by atoms with van der Waals surface area (Å²) in [6, 6.07) is 17.9. The monoisotopic (exact) mass is 398 g/mol. The van der Waals surface area contributed by atoms with Gasteiger partial charge in [-0.15, -0.1) is 21.5 Å². The van der Waals surface area contributed by atoms with Crippen molar-refractivity contribution in [3.05, 3.63) is 81.6 Å². The van der Waals surface area contributed by atoms with Gasteiger partial charge >= 0.3 is 0 Å². The molecule has 0 spiro atoms. The quantitative estimate of drug-likeness (QED) is 0.408. The molecular formula is C19H15ClN4S2. The maximum absolute atomic E-state index is 5.97. The molecule has 7 heteroatoms. The third-order valence-electron chi connectivity index (χ3n) is 3.79. The van der Waals surface area contributed by atoms with E-state index in [1.165, 1.54) is 10.4 Å². The van der Waals surface area contributed by atoms with Crippen molar-refractivity contribution in [2.75, 3.05) is 0 Å². The van der Waals surface area contributed by atoms with Crippen molar-refractivity contribution >= 4 is 34.7 Å². The zero-order valence-electron chi connectivity index (χ0n) is 13.7. The molecule has 3 aromatic heterocycles. The SMILES string of the molecule is Clc1ccc(CSc2nnc(-c3ccccn3)n2Cc2cccs2)cc1. The highest BCUT2D eigenvalue weighted by Gasteiger charge is 2.16. The molecule has 0 aliphatic heterocycles. The first-order valence-corrected chi connectivity index (χ1v) is 10.3. The first-order chi connectivity index (χ1) is 12.8. The van der Waals surface area contributed by atoms with Crippen LogP contribution in [0.5, 0.6) is 0 Å². The van der Waals surface area contributed by atoms with Crippen LogP contribution in [0.2, 0.25) is 5.02 Å². The van der Waals surface area contributed by atoms with Gasteiger partial charge in [0.15, 0.2) is 11.0 Å². The van der Waals surface area contributed by atoms with Crippen LogP contribution in [-0.2, 0) is 12.3 Å². The maximum atomic E-state index is 5.97. The molecule has 0 amide bonds. The highest BCUT2D eigenvalue weighted by atomic mass is 35.5. The van der Waals surface area contributed by atoms with Crippen LogP contribution in [0.3, 0.4) is 0 Å². The van der Waals surface area contributed by atoms with Gasteiger partial charge in [-0.2, -0.15) is 0 Å². The second-order valence-electron chi connectivity index (χ2n) is 5.60. The summed E-state index contributed by atoms with van der Waals surface area (Å²) in [4.78, 5) is 5.70. The van der Waals surface area contributed by atoms with Gasteiger partial charge in [0.1, 0.15) is 5.69 Å². The number of thiophene rings is 1. The van der Waals surface area contributed by atoms with Crippen LogP contribution in [0, 0.1) is 0 Å². The fourth-order valence-corrected chi connectivity index (χ4v) is 4.22. The number of hydrogen-bond donors (Lipinski definition) is 0. The topological polar surface area (TPSA) is 43.6 Å². The normalized spacial score (nSPS) is 11.0. The second kappa shape index (κ2) is 8.03. The van der Waals surface area contributed by atoms with Crippen molar-refractivity contribution in [3.8, 4) is 11.5 Å². The smallest absolute Gasteiger partial charge is 0.192 e. The molecular weight excluding hydrogens is 384 g/mol. The number of hydrogen-bond acceptors (Lipinski definition) is 5. The van der Waals surface area contributed by atoms with E-state index in [1.54, 1.807) is 29.3 Å². The first-order valence-electron chi connectivity index (χ1n) is 8.04. The summed E-state index contributed by atoms with van der Waals surface area (Å²) in [5, 5.41) is 12.5. The average Bonchev–Trinajstić information content (AvgIpc) is 3.33. The van der Waals surface area contributed by atoms with E-state index in [9.17, 15) is 0 Å². The highest BCUT2D eigenvalue weighted by Crippen LogP contribution is 2.27. The number of thioether (sulfide) groups is 1. The average molecular weight is 399 g/mol. The van der Waals surface area contributed by atoms with E-state index in [2.05, 4.69) is 37.3 Å². The summed E-state index contributed by atoms with van der Waals surface area (Å²) in [6.07, 6.45) is 1.78. The number of halogens is 1. The number of rotatable bonds is 6. The highest BCUT2D eigenvalue weighted by molar-refractivity contribution is 7.98. The fraction of sp³-hybridized carbons (Fsp3) is 0.105. The van der Waals surface area contributed by atoms with Crippen LogP contribution in [0.15, 0.2) is 71.3 Å². The van der Waals surface area contributed by atoms with E-state index in [1.807, 2.05) is 42.5 Å². The zero-order valence-corrected chi connectivity index (χ0v) is 16.1. The molecule has 0 fully saturated rings. The lowest BCUT2D eigenvalue weighted by atomic mass is 10.2. The lowest BCUT2D eigenvalue weighted by molar-refractivity contribution is 0.721. The minimum atomic E-state index is 0.736. The molecule has 0 aliphatic rings. The molecule has 0 unspecified atom stereocenters. The van der Waals surface area contributed by atoms with Crippen molar-refractivity contribution in [2.24, 2.45) is 0 Å². The Balaban J connectivity index is 1.63. The van der Waals surface area contributed by atoms with E-state index in [-0.39, 0.29) is 0 Å². The van der Waals surface area contributed by atoms with Gasteiger partial charge in [-0.3, -0.25) is 9.55 Å². The van der Waals surface area contributed by atoms with Crippen LogP contribution in [0.4, 0.5) is 0 Å². The van der Waals surface area contributed by atoms with E-state index in [0.717, 1.165) is 34.0 Å². The molecule has 0 N–H and O–H groups in total. The van der Waals surface area contributed by atoms with Gasteiger partial charge in [-0.1, -0.05) is 47.6 Å². The molecule has 130 valence electrons. The van der Waals surface area contributed by atoms with Gasteiger partial charge in [0, 0.05) is 21.8 Å². The Morgan fingerprint density at radius 3 is 2.62 bits per heavy atom. The van der Waals surface area contributed by atoms with Gasteiger partial charge in [0.2, 0.25) is 0 Å². The summed E-state index contributed by atoms with van der Waals surface area (Å²) in [6.45, 7) is 0.736. The van der Waals surface area contributed by atoms with Crippen LogP contribution in [-0.4, -0.2) is 19.7 Å². The molecule has 26 heavy (non-hydrogen) atoms. The largest absolute Gasteiger partial charge is 0.295 e. The minimum Gasteiger partial charge on any atom is -0.295 e. The third kappa shape index (κ3) is 3.98. The number of aromatic nitrogens is 4. The molecule has 0 bridgehead atoms. The minimum absolute atomic E-state index is 0.736. The number of nitrogens with zero attached hydrogens (tertiary/aromatic N) is 4. The number of benzene rings is 1. The Kier molecular flexibility index (Phi) is 5.34. The van der Waals surface area contributed by atoms with Gasteiger partial charge in [0.05, 0.1) is 6.54 Å². The molecule has 4 nitrogen and oxygen atoms in total. The molecule has 1 aromatic carbocycles. The summed E-state index contributed by atoms with van der Waals surface area (Å²) in [5.74, 6) is 1.60. The van der Waals surface area contributed by atoms with Gasteiger partial charge in [-0.25, -0.2) is 0 Å². The maximum Gasteiger partial charge on any atom is 0.192 e. The molecule has 0 radical (unpaired) electrons. The standard InChI is InChI=1S/C19H15ClN4S2/c20-15-8-6-14(7-9-15)13-26-19-23-22-18(17-5-1-2-10-21-17)24(19)12-16-4-3-11-25-16/h1-11H,12-13H2. The molecule has 0 atom stereocenters. The predicted octanol–water partition coefficient (Wildman–Crippen LogP) is 5.40. The Morgan fingerprint density at radius 1 is 1.00 bits per heavy atom. The van der Waals surface area contributed by atoms with Crippen molar-refractivity contribution < 1.29 is 0 Å². The van der Waals surface area contributed by atoms with E-state index >= 15 is 0 Å².